The van der Waals surface area contributed by atoms with E-state index < -0.39 is 6.10 Å². The first-order valence-corrected chi connectivity index (χ1v) is 11.2. The van der Waals surface area contributed by atoms with Crippen molar-refractivity contribution in [2.24, 2.45) is 11.8 Å². The van der Waals surface area contributed by atoms with E-state index >= 15 is 0 Å². The van der Waals surface area contributed by atoms with Crippen LogP contribution in [0.1, 0.15) is 50.4 Å². The van der Waals surface area contributed by atoms with Crippen LogP contribution >= 0.6 is 0 Å². The van der Waals surface area contributed by atoms with Crippen molar-refractivity contribution in [3.63, 3.8) is 0 Å². The predicted octanol–water partition coefficient (Wildman–Crippen LogP) is 3.17. The molecule has 4 atom stereocenters. The Hall–Kier alpha value is -2.38. The molecule has 0 saturated heterocycles. The van der Waals surface area contributed by atoms with Crippen LogP contribution in [0.5, 0.6) is 5.75 Å². The summed E-state index contributed by atoms with van der Waals surface area (Å²) < 4.78 is 16.8. The summed E-state index contributed by atoms with van der Waals surface area (Å²) in [5, 5.41) is 10.6. The van der Waals surface area contributed by atoms with Crippen molar-refractivity contribution in [2.75, 3.05) is 26.2 Å². The third-order valence-electron chi connectivity index (χ3n) is 6.12. The van der Waals surface area contributed by atoms with Gasteiger partial charge in [0.1, 0.15) is 18.1 Å². The molecule has 1 aromatic rings. The fourth-order valence-electron chi connectivity index (χ4n) is 4.25. The zero-order valence-electron chi connectivity index (χ0n) is 18.6. The van der Waals surface area contributed by atoms with E-state index in [2.05, 4.69) is 18.7 Å². The lowest BCUT2D eigenvalue weighted by Crippen LogP contribution is -2.52. The molecule has 31 heavy (non-hydrogen) atoms. The van der Waals surface area contributed by atoms with E-state index in [-0.39, 0.29) is 35.5 Å². The summed E-state index contributed by atoms with van der Waals surface area (Å²) in [7, 11) is 0. The molecule has 7 heteroatoms. The van der Waals surface area contributed by atoms with E-state index in [1.165, 1.54) is 6.26 Å². The van der Waals surface area contributed by atoms with Gasteiger partial charge in [-0.05, 0) is 56.6 Å². The number of aliphatic hydroxyl groups is 1. The smallest absolute Gasteiger partial charge is 0.338 e. The lowest BCUT2D eigenvalue weighted by atomic mass is 9.73. The van der Waals surface area contributed by atoms with Gasteiger partial charge in [-0.3, -0.25) is 4.79 Å². The zero-order valence-corrected chi connectivity index (χ0v) is 18.6. The first-order chi connectivity index (χ1) is 15.0. The maximum Gasteiger partial charge on any atom is 0.338 e. The van der Waals surface area contributed by atoms with Crippen molar-refractivity contribution in [1.82, 2.24) is 4.90 Å². The van der Waals surface area contributed by atoms with E-state index in [9.17, 15) is 14.7 Å². The molecule has 0 spiro atoms. The average Bonchev–Trinajstić information content (AvgIpc) is 2.79. The standard InChI is InChI=1S/C24H33NO6/c1-4-13-29-24(28)16-7-9-17(10-8-16)31-21-15-30-23-18(22(21)27)11-12-20(26)19(23)14-25(5-2)6-3/h7-10,15,18-20,23,26H,4-6,11-14H2,1-3H3. The number of hydrogen-bond acceptors (Lipinski definition) is 7. The number of fused-ring (bicyclic) bond motifs is 1. The molecule has 1 fully saturated rings. The summed E-state index contributed by atoms with van der Waals surface area (Å²) in [5.74, 6) is -0.322. The minimum absolute atomic E-state index is 0.0980. The van der Waals surface area contributed by atoms with Gasteiger partial charge >= 0.3 is 5.97 Å². The molecular weight excluding hydrogens is 398 g/mol. The van der Waals surface area contributed by atoms with Gasteiger partial charge < -0.3 is 24.2 Å². The molecule has 0 amide bonds. The Kier molecular flexibility index (Phi) is 8.09. The number of ether oxygens (including phenoxy) is 3. The van der Waals surface area contributed by atoms with Gasteiger partial charge in [0.25, 0.3) is 0 Å². The Morgan fingerprint density at radius 1 is 1.16 bits per heavy atom. The van der Waals surface area contributed by atoms with Crippen LogP contribution in [0.25, 0.3) is 0 Å². The number of carbonyl (C=O) groups is 2. The van der Waals surface area contributed by atoms with E-state index in [4.69, 9.17) is 14.2 Å². The van der Waals surface area contributed by atoms with Crippen molar-refractivity contribution in [3.8, 4) is 5.75 Å². The number of allylic oxidation sites excluding steroid dienone is 1. The molecule has 1 aliphatic carbocycles. The maximum absolute atomic E-state index is 13.1. The topological polar surface area (TPSA) is 85.3 Å². The van der Waals surface area contributed by atoms with E-state index in [1.807, 2.05) is 6.92 Å². The van der Waals surface area contributed by atoms with Gasteiger partial charge in [-0.2, -0.15) is 0 Å². The third-order valence-corrected chi connectivity index (χ3v) is 6.12. The summed E-state index contributed by atoms with van der Waals surface area (Å²) >= 11 is 0. The third kappa shape index (κ3) is 5.46. The molecule has 0 bridgehead atoms. The largest absolute Gasteiger partial charge is 0.493 e. The summed E-state index contributed by atoms with van der Waals surface area (Å²) in [6.07, 6.45) is 2.45. The quantitative estimate of drug-likeness (QED) is 0.601. The number of nitrogens with zero attached hydrogens (tertiary/aromatic N) is 1. The van der Waals surface area contributed by atoms with Crippen molar-refractivity contribution in [1.29, 1.82) is 0 Å². The molecule has 170 valence electrons. The summed E-state index contributed by atoms with van der Waals surface area (Å²) in [4.78, 5) is 27.3. The lowest BCUT2D eigenvalue weighted by molar-refractivity contribution is -0.139. The van der Waals surface area contributed by atoms with Crippen LogP contribution in [-0.2, 0) is 14.3 Å². The van der Waals surface area contributed by atoms with Crippen molar-refractivity contribution in [2.45, 2.75) is 52.2 Å². The predicted molar refractivity (Wildman–Crippen MR) is 116 cm³/mol. The minimum Gasteiger partial charge on any atom is -0.493 e. The number of rotatable bonds is 9. The highest BCUT2D eigenvalue weighted by molar-refractivity contribution is 5.96. The summed E-state index contributed by atoms with van der Waals surface area (Å²) in [6.45, 7) is 8.96. The maximum atomic E-state index is 13.1. The number of Topliss-reactive ketones (excluding diaryl/α,β-unsaturated/α-hetero) is 1. The molecule has 1 saturated carbocycles. The van der Waals surface area contributed by atoms with Crippen LogP contribution in [0.2, 0.25) is 0 Å². The van der Waals surface area contributed by atoms with E-state index in [1.54, 1.807) is 24.3 Å². The monoisotopic (exact) mass is 431 g/mol. The van der Waals surface area contributed by atoms with Gasteiger partial charge in [-0.1, -0.05) is 20.8 Å². The molecule has 1 aliphatic heterocycles. The van der Waals surface area contributed by atoms with Crippen LogP contribution < -0.4 is 4.74 Å². The molecule has 0 aromatic heterocycles. The first-order valence-electron chi connectivity index (χ1n) is 11.2. The number of carbonyl (C=O) groups excluding carboxylic acids is 2. The highest BCUT2D eigenvalue weighted by Crippen LogP contribution is 2.38. The van der Waals surface area contributed by atoms with Gasteiger partial charge in [0, 0.05) is 12.5 Å². The second-order valence-electron chi connectivity index (χ2n) is 8.11. The Balaban J connectivity index is 1.68. The second kappa shape index (κ2) is 10.8. The molecule has 1 aromatic carbocycles. The molecule has 4 unspecified atom stereocenters. The van der Waals surface area contributed by atoms with Gasteiger partial charge in [0.15, 0.2) is 0 Å². The molecule has 3 rings (SSSR count). The zero-order chi connectivity index (χ0) is 22.4. The van der Waals surface area contributed by atoms with Gasteiger partial charge in [-0.25, -0.2) is 4.79 Å². The van der Waals surface area contributed by atoms with Crippen molar-refractivity contribution >= 4 is 11.8 Å². The Labute approximate surface area is 184 Å². The van der Waals surface area contributed by atoms with Gasteiger partial charge in [0.05, 0.1) is 24.2 Å². The van der Waals surface area contributed by atoms with Crippen LogP contribution in [-0.4, -0.2) is 60.2 Å². The Bertz CT molecular complexity index is 786. The number of esters is 1. The fraction of sp³-hybridized carbons (Fsp3) is 0.583. The molecular formula is C24H33NO6. The average molecular weight is 432 g/mol. The summed E-state index contributed by atoms with van der Waals surface area (Å²) in [5.41, 5.74) is 0.432. The highest BCUT2D eigenvalue weighted by atomic mass is 16.5. The molecule has 7 nitrogen and oxygen atoms in total. The van der Waals surface area contributed by atoms with Crippen LogP contribution in [0, 0.1) is 11.8 Å². The van der Waals surface area contributed by atoms with Crippen molar-refractivity contribution in [3.05, 3.63) is 41.9 Å². The SMILES string of the molecule is CCCOC(=O)c1ccc(OC2=COC3C(CCC(O)C3CN(CC)CC)C2=O)cc1. The number of aliphatic hydroxyl groups excluding tert-OH is 1. The molecule has 0 radical (unpaired) electrons. The van der Waals surface area contributed by atoms with Crippen molar-refractivity contribution < 1.29 is 28.9 Å². The molecule has 1 N–H and O–H groups in total. The van der Waals surface area contributed by atoms with Crippen LogP contribution in [0.15, 0.2) is 36.3 Å². The van der Waals surface area contributed by atoms with E-state index in [0.717, 1.165) is 19.5 Å². The minimum atomic E-state index is -0.481. The summed E-state index contributed by atoms with van der Waals surface area (Å²) in [6, 6.07) is 6.50. The van der Waals surface area contributed by atoms with Crippen LogP contribution in [0.3, 0.4) is 0 Å². The Morgan fingerprint density at radius 3 is 2.52 bits per heavy atom. The lowest BCUT2D eigenvalue weighted by Gasteiger charge is -2.43. The van der Waals surface area contributed by atoms with Gasteiger partial charge in [0.2, 0.25) is 11.5 Å². The van der Waals surface area contributed by atoms with E-state index in [0.29, 0.717) is 37.3 Å². The fourth-order valence-corrected chi connectivity index (χ4v) is 4.25. The molecule has 1 heterocycles. The molecule has 2 aliphatic rings. The Morgan fingerprint density at radius 2 is 1.87 bits per heavy atom. The normalized spacial score (nSPS) is 25.5. The second-order valence-corrected chi connectivity index (χ2v) is 8.11. The number of ketones is 1. The number of benzene rings is 1. The van der Waals surface area contributed by atoms with Gasteiger partial charge in [-0.15, -0.1) is 0 Å². The van der Waals surface area contributed by atoms with Crippen LogP contribution in [0.4, 0.5) is 0 Å². The first kappa shape index (κ1) is 23.3. The highest BCUT2D eigenvalue weighted by Gasteiger charge is 2.47. The number of hydrogen-bond donors (Lipinski definition) is 1.